The first-order chi connectivity index (χ1) is 12.3. The highest BCUT2D eigenvalue weighted by atomic mass is 79.9. The molecule has 0 saturated carbocycles. The third-order valence-electron chi connectivity index (χ3n) is 3.73. The molecular formula is C17H13BrN4O4. The number of nitrogens with zero attached hydrogens (tertiary/aromatic N) is 3. The van der Waals surface area contributed by atoms with E-state index in [4.69, 9.17) is 0 Å². The highest BCUT2D eigenvalue weighted by molar-refractivity contribution is 9.10. The van der Waals surface area contributed by atoms with Gasteiger partial charge in [0.05, 0.1) is 27.8 Å². The van der Waals surface area contributed by atoms with E-state index in [9.17, 15) is 19.7 Å². The second kappa shape index (κ2) is 7.04. The minimum atomic E-state index is -0.585. The number of carbonyl (C=O) groups is 1. The van der Waals surface area contributed by atoms with Gasteiger partial charge < -0.3 is 5.32 Å². The number of aromatic nitrogens is 2. The summed E-state index contributed by atoms with van der Waals surface area (Å²) in [4.78, 5) is 39.2. The molecule has 0 aliphatic heterocycles. The first-order valence-electron chi connectivity index (χ1n) is 7.55. The van der Waals surface area contributed by atoms with E-state index in [1.165, 1.54) is 18.5 Å². The van der Waals surface area contributed by atoms with E-state index in [0.29, 0.717) is 11.2 Å². The fraction of sp³-hybridized carbons (Fsp3) is 0.118. The summed E-state index contributed by atoms with van der Waals surface area (Å²) in [5.41, 5.74) is 1.22. The van der Waals surface area contributed by atoms with Crippen molar-refractivity contribution >= 4 is 44.1 Å². The number of anilines is 1. The lowest BCUT2D eigenvalue weighted by Crippen LogP contribution is -2.28. The third kappa shape index (κ3) is 3.62. The zero-order valence-electron chi connectivity index (χ0n) is 13.6. The maximum atomic E-state index is 12.5. The minimum Gasteiger partial charge on any atom is -0.324 e. The molecule has 1 heterocycles. The number of hydrogen-bond donors (Lipinski definition) is 1. The van der Waals surface area contributed by atoms with Crippen LogP contribution in [0.3, 0.4) is 0 Å². The van der Waals surface area contributed by atoms with Gasteiger partial charge in [-0.15, -0.1) is 0 Å². The number of amides is 1. The molecule has 8 nitrogen and oxygen atoms in total. The van der Waals surface area contributed by atoms with Crippen molar-refractivity contribution in [3.8, 4) is 0 Å². The molecule has 0 atom stereocenters. The Kier molecular flexibility index (Phi) is 4.81. The highest BCUT2D eigenvalue weighted by Gasteiger charge is 2.13. The number of benzene rings is 2. The average molecular weight is 417 g/mol. The summed E-state index contributed by atoms with van der Waals surface area (Å²) in [7, 11) is 0. The topological polar surface area (TPSA) is 107 Å². The summed E-state index contributed by atoms with van der Waals surface area (Å²) in [5, 5.41) is 13.7. The van der Waals surface area contributed by atoms with E-state index in [2.05, 4.69) is 26.2 Å². The van der Waals surface area contributed by atoms with Crippen molar-refractivity contribution in [2.45, 2.75) is 13.5 Å². The van der Waals surface area contributed by atoms with Crippen LogP contribution in [0.4, 0.5) is 11.4 Å². The van der Waals surface area contributed by atoms with E-state index in [1.807, 2.05) is 19.1 Å². The molecule has 0 aliphatic rings. The molecule has 1 aromatic heterocycles. The fourth-order valence-electron chi connectivity index (χ4n) is 2.44. The Balaban J connectivity index is 1.88. The summed E-state index contributed by atoms with van der Waals surface area (Å²) < 4.78 is 1.84. The van der Waals surface area contributed by atoms with Crippen molar-refractivity contribution in [2.24, 2.45) is 0 Å². The average Bonchev–Trinajstić information content (AvgIpc) is 2.59. The summed E-state index contributed by atoms with van der Waals surface area (Å²) >= 11 is 3.37. The van der Waals surface area contributed by atoms with E-state index >= 15 is 0 Å². The number of non-ortho nitro benzene ring substituents is 1. The predicted octanol–water partition coefficient (Wildman–Crippen LogP) is 3.01. The number of carbonyl (C=O) groups excluding carboxylic acids is 1. The van der Waals surface area contributed by atoms with Gasteiger partial charge in [-0.05, 0) is 46.6 Å². The van der Waals surface area contributed by atoms with Crippen LogP contribution in [0, 0.1) is 17.0 Å². The molecule has 0 spiro atoms. The molecule has 0 unspecified atom stereocenters. The standard InChI is InChI=1S/C17H13BrN4O4/c1-10-2-4-15(13(18)6-10)20-16(23)8-21-9-19-14-5-3-11(22(25)26)7-12(14)17(21)24/h2-7,9H,8H2,1H3,(H,20,23). The van der Waals surface area contributed by atoms with E-state index in [-0.39, 0.29) is 17.6 Å². The highest BCUT2D eigenvalue weighted by Crippen LogP contribution is 2.23. The maximum Gasteiger partial charge on any atom is 0.270 e. The predicted molar refractivity (Wildman–Crippen MR) is 100 cm³/mol. The SMILES string of the molecule is Cc1ccc(NC(=O)Cn2cnc3ccc([N+](=O)[O-])cc3c2=O)c(Br)c1. The van der Waals surface area contributed by atoms with Gasteiger partial charge >= 0.3 is 0 Å². The number of nitro groups is 1. The van der Waals surface area contributed by atoms with Gasteiger partial charge in [-0.3, -0.25) is 24.3 Å². The van der Waals surface area contributed by atoms with Crippen LogP contribution in [0.15, 0.2) is 52.0 Å². The minimum absolute atomic E-state index is 0.0889. The molecule has 0 bridgehead atoms. The molecule has 1 N–H and O–H groups in total. The summed E-state index contributed by atoms with van der Waals surface area (Å²) in [6, 6.07) is 9.31. The lowest BCUT2D eigenvalue weighted by molar-refractivity contribution is -0.384. The number of hydrogen-bond acceptors (Lipinski definition) is 5. The zero-order valence-corrected chi connectivity index (χ0v) is 15.2. The van der Waals surface area contributed by atoms with Crippen molar-refractivity contribution in [3.63, 3.8) is 0 Å². The fourth-order valence-corrected chi connectivity index (χ4v) is 3.03. The molecule has 26 heavy (non-hydrogen) atoms. The number of fused-ring (bicyclic) bond motifs is 1. The van der Waals surface area contributed by atoms with Crippen LogP contribution < -0.4 is 10.9 Å². The van der Waals surface area contributed by atoms with Crippen LogP contribution in [0.2, 0.25) is 0 Å². The Bertz CT molecular complexity index is 1090. The van der Waals surface area contributed by atoms with Gasteiger partial charge in [-0.1, -0.05) is 6.07 Å². The van der Waals surface area contributed by atoms with Crippen LogP contribution in [0.25, 0.3) is 10.9 Å². The summed E-state index contributed by atoms with van der Waals surface area (Å²) in [6.45, 7) is 1.67. The molecule has 2 aromatic carbocycles. The van der Waals surface area contributed by atoms with Crippen LogP contribution in [0.1, 0.15) is 5.56 Å². The number of nitrogens with one attached hydrogen (secondary N) is 1. The van der Waals surface area contributed by atoms with E-state index in [0.717, 1.165) is 20.7 Å². The molecule has 1 amide bonds. The van der Waals surface area contributed by atoms with Gasteiger partial charge in [-0.25, -0.2) is 4.98 Å². The molecule has 9 heteroatoms. The van der Waals surface area contributed by atoms with Crippen LogP contribution >= 0.6 is 15.9 Å². The summed E-state index contributed by atoms with van der Waals surface area (Å²) in [5.74, 6) is -0.414. The first kappa shape index (κ1) is 17.7. The first-order valence-corrected chi connectivity index (χ1v) is 8.34. The molecule has 0 fully saturated rings. The number of nitro benzene ring substituents is 1. The molecule has 3 rings (SSSR count). The lowest BCUT2D eigenvalue weighted by Gasteiger charge is -2.10. The Labute approximate surface area is 155 Å². The van der Waals surface area contributed by atoms with Crippen molar-refractivity contribution in [1.29, 1.82) is 0 Å². The number of aryl methyl sites for hydroxylation is 1. The molecule has 0 saturated heterocycles. The number of rotatable bonds is 4. The molecule has 0 aliphatic carbocycles. The molecular weight excluding hydrogens is 404 g/mol. The Morgan fingerprint density at radius 2 is 2.08 bits per heavy atom. The Hall–Kier alpha value is -3.07. The summed E-state index contributed by atoms with van der Waals surface area (Å²) in [6.07, 6.45) is 1.25. The monoisotopic (exact) mass is 416 g/mol. The maximum absolute atomic E-state index is 12.5. The normalized spacial score (nSPS) is 10.7. The largest absolute Gasteiger partial charge is 0.324 e. The smallest absolute Gasteiger partial charge is 0.270 e. The van der Waals surface area contributed by atoms with E-state index < -0.39 is 16.4 Å². The lowest BCUT2D eigenvalue weighted by atomic mass is 10.2. The molecule has 3 aromatic rings. The van der Waals surface area contributed by atoms with Gasteiger partial charge in [-0.2, -0.15) is 0 Å². The van der Waals surface area contributed by atoms with Crippen molar-refractivity contribution in [1.82, 2.24) is 9.55 Å². The number of halogens is 1. The van der Waals surface area contributed by atoms with Gasteiger partial charge in [0.25, 0.3) is 11.2 Å². The van der Waals surface area contributed by atoms with Crippen LogP contribution in [0.5, 0.6) is 0 Å². The Morgan fingerprint density at radius 3 is 2.77 bits per heavy atom. The Morgan fingerprint density at radius 1 is 1.31 bits per heavy atom. The van der Waals surface area contributed by atoms with Crippen LogP contribution in [-0.2, 0) is 11.3 Å². The van der Waals surface area contributed by atoms with Gasteiger partial charge in [0.2, 0.25) is 5.91 Å². The zero-order chi connectivity index (χ0) is 18.8. The quantitative estimate of drug-likeness (QED) is 0.519. The van der Waals surface area contributed by atoms with Crippen molar-refractivity contribution in [2.75, 3.05) is 5.32 Å². The van der Waals surface area contributed by atoms with Gasteiger partial charge in [0, 0.05) is 16.6 Å². The van der Waals surface area contributed by atoms with Crippen molar-refractivity contribution < 1.29 is 9.72 Å². The van der Waals surface area contributed by atoms with E-state index in [1.54, 1.807) is 6.07 Å². The molecule has 132 valence electrons. The molecule has 0 radical (unpaired) electrons. The van der Waals surface area contributed by atoms with Crippen LogP contribution in [-0.4, -0.2) is 20.4 Å². The second-order valence-corrected chi connectivity index (χ2v) is 6.52. The van der Waals surface area contributed by atoms with Gasteiger partial charge in [0.15, 0.2) is 0 Å². The van der Waals surface area contributed by atoms with Gasteiger partial charge in [0.1, 0.15) is 6.54 Å². The third-order valence-corrected chi connectivity index (χ3v) is 4.39. The van der Waals surface area contributed by atoms with Crippen molar-refractivity contribution in [3.05, 3.63) is 73.2 Å². The second-order valence-electron chi connectivity index (χ2n) is 5.67.